The second-order valence-electron chi connectivity index (χ2n) is 2.74. The van der Waals surface area contributed by atoms with E-state index in [0.29, 0.717) is 9.88 Å². The molecule has 86 valence electrons. The van der Waals surface area contributed by atoms with Gasteiger partial charge in [0.25, 0.3) is 0 Å². The van der Waals surface area contributed by atoms with Gasteiger partial charge in [0.15, 0.2) is 0 Å². The molecular weight excluding hydrogens is 230 g/mol. The molecule has 0 aliphatic heterocycles. The predicted octanol–water partition coefficient (Wildman–Crippen LogP) is 1.51. The number of hydrogen-bond donors (Lipinski definition) is 0. The van der Waals surface area contributed by atoms with Crippen LogP contribution in [-0.4, -0.2) is 31.1 Å². The van der Waals surface area contributed by atoms with Gasteiger partial charge in [-0.2, -0.15) is 0 Å². The maximum atomic E-state index is 11.1. The summed E-state index contributed by atoms with van der Waals surface area (Å²) in [7, 11) is 2.64. The van der Waals surface area contributed by atoms with Crippen LogP contribution < -0.4 is 0 Å². The number of hydrogen-bond acceptors (Lipinski definition) is 6. The van der Waals surface area contributed by atoms with Crippen LogP contribution in [-0.2, 0) is 14.3 Å². The first kappa shape index (κ1) is 12.4. The molecule has 0 amide bonds. The van der Waals surface area contributed by atoms with Gasteiger partial charge in [0.1, 0.15) is 9.88 Å². The van der Waals surface area contributed by atoms with Crippen molar-refractivity contribution in [2.24, 2.45) is 0 Å². The zero-order valence-corrected chi connectivity index (χ0v) is 9.74. The van der Waals surface area contributed by atoms with Crippen LogP contribution in [0.4, 0.5) is 0 Å². The third-order valence-electron chi connectivity index (χ3n) is 1.68. The lowest BCUT2D eigenvalue weighted by molar-refractivity contribution is -0.139. The fourth-order valence-corrected chi connectivity index (χ4v) is 1.67. The van der Waals surface area contributed by atoms with Crippen molar-refractivity contribution in [2.75, 3.05) is 14.2 Å². The van der Waals surface area contributed by atoms with E-state index in [4.69, 9.17) is 0 Å². The maximum absolute atomic E-state index is 11.1. The average molecular weight is 241 g/mol. The molecule has 0 unspecified atom stereocenters. The highest BCUT2D eigenvalue weighted by atomic mass is 32.1. The second-order valence-corrected chi connectivity index (χ2v) is 3.80. The van der Waals surface area contributed by atoms with Gasteiger partial charge in [-0.15, -0.1) is 11.3 Å². The lowest BCUT2D eigenvalue weighted by atomic mass is 10.4. The van der Waals surface area contributed by atoms with Crippen molar-refractivity contribution in [1.29, 1.82) is 0 Å². The van der Waals surface area contributed by atoms with Crippen LogP contribution in [0.2, 0.25) is 0 Å². The highest BCUT2D eigenvalue weighted by Crippen LogP contribution is 2.15. The summed E-state index contributed by atoms with van der Waals surface area (Å²) >= 11 is 1.20. The second kappa shape index (κ2) is 6.02. The van der Waals surface area contributed by atoms with E-state index in [1.165, 1.54) is 31.8 Å². The van der Waals surface area contributed by atoms with E-state index in [2.05, 4.69) is 14.5 Å². The van der Waals surface area contributed by atoms with Crippen molar-refractivity contribution in [1.82, 2.24) is 4.98 Å². The Bertz CT molecular complexity index is 411. The fourth-order valence-electron chi connectivity index (χ4n) is 0.899. The quantitative estimate of drug-likeness (QED) is 0.747. The zero-order chi connectivity index (χ0) is 12.0. The van der Waals surface area contributed by atoms with Gasteiger partial charge in [0.2, 0.25) is 0 Å². The molecule has 1 heterocycles. The molecule has 5 nitrogen and oxygen atoms in total. The summed E-state index contributed by atoms with van der Waals surface area (Å²) in [5.74, 6) is -0.730. The summed E-state index contributed by atoms with van der Waals surface area (Å²) in [5.41, 5.74) is 0. The van der Waals surface area contributed by atoms with E-state index in [9.17, 15) is 9.59 Å². The lowest BCUT2D eigenvalue weighted by Crippen LogP contribution is -1.96. The van der Waals surface area contributed by atoms with Crippen LogP contribution in [0, 0.1) is 0 Å². The number of ether oxygens (including phenoxy) is 2. The topological polar surface area (TPSA) is 65.5 Å². The van der Waals surface area contributed by atoms with Crippen molar-refractivity contribution in [3.63, 3.8) is 0 Å². The Hall–Kier alpha value is -1.69. The zero-order valence-electron chi connectivity index (χ0n) is 8.93. The summed E-state index contributed by atoms with van der Waals surface area (Å²) in [6.07, 6.45) is 4.91. The molecule has 6 heteroatoms. The molecule has 0 radical (unpaired) electrons. The molecule has 1 rings (SSSR count). The van der Waals surface area contributed by atoms with Crippen molar-refractivity contribution in [2.45, 2.75) is 6.42 Å². The van der Waals surface area contributed by atoms with Crippen molar-refractivity contribution in [3.8, 4) is 0 Å². The van der Waals surface area contributed by atoms with E-state index < -0.39 is 5.97 Å². The first-order valence-electron chi connectivity index (χ1n) is 4.45. The molecule has 0 bridgehead atoms. The van der Waals surface area contributed by atoms with E-state index in [-0.39, 0.29) is 12.4 Å². The molecule has 0 saturated heterocycles. The SMILES string of the molecule is COC(=O)CC=Cc1ncc(C(=O)OC)s1. The number of rotatable bonds is 4. The number of aromatic nitrogens is 1. The van der Waals surface area contributed by atoms with Crippen LogP contribution in [0.3, 0.4) is 0 Å². The third kappa shape index (κ3) is 3.47. The molecule has 16 heavy (non-hydrogen) atoms. The summed E-state index contributed by atoms with van der Waals surface area (Å²) in [6.45, 7) is 0. The average Bonchev–Trinajstić information content (AvgIpc) is 2.76. The standard InChI is InChI=1S/C10H11NO4S/c1-14-9(12)5-3-4-8-11-6-7(16-8)10(13)15-2/h3-4,6H,5H2,1-2H3. The Morgan fingerprint density at radius 3 is 2.81 bits per heavy atom. The summed E-state index contributed by atoms with van der Waals surface area (Å²) < 4.78 is 9.01. The molecule has 0 saturated carbocycles. The normalized spacial score (nSPS) is 10.4. The number of methoxy groups -OCH3 is 2. The Labute approximate surface area is 96.7 Å². The third-order valence-corrected chi connectivity index (χ3v) is 2.63. The molecule has 1 aromatic heterocycles. The highest BCUT2D eigenvalue weighted by Gasteiger charge is 2.08. The Morgan fingerprint density at radius 1 is 1.44 bits per heavy atom. The van der Waals surface area contributed by atoms with Crippen LogP contribution in [0.25, 0.3) is 6.08 Å². The van der Waals surface area contributed by atoms with Gasteiger partial charge in [-0.25, -0.2) is 9.78 Å². The van der Waals surface area contributed by atoms with Crippen LogP contribution in [0.1, 0.15) is 21.1 Å². The van der Waals surface area contributed by atoms with Crippen molar-refractivity contribution >= 4 is 29.4 Å². The molecule has 0 aliphatic carbocycles. The van der Waals surface area contributed by atoms with Gasteiger partial charge in [-0.1, -0.05) is 6.08 Å². The summed E-state index contributed by atoms with van der Waals surface area (Å²) in [4.78, 5) is 26.3. The Morgan fingerprint density at radius 2 is 2.19 bits per heavy atom. The van der Waals surface area contributed by atoms with Crippen molar-refractivity contribution in [3.05, 3.63) is 22.2 Å². The van der Waals surface area contributed by atoms with Crippen molar-refractivity contribution < 1.29 is 19.1 Å². The van der Waals surface area contributed by atoms with Gasteiger partial charge in [-0.3, -0.25) is 4.79 Å². The van der Waals surface area contributed by atoms with Crippen LogP contribution in [0.15, 0.2) is 12.3 Å². The number of carbonyl (C=O) groups is 2. The molecule has 0 atom stereocenters. The fraction of sp³-hybridized carbons (Fsp3) is 0.300. The van der Waals surface area contributed by atoms with Gasteiger partial charge in [0.05, 0.1) is 26.8 Å². The monoisotopic (exact) mass is 241 g/mol. The maximum Gasteiger partial charge on any atom is 0.349 e. The van der Waals surface area contributed by atoms with E-state index in [0.717, 1.165) is 0 Å². The largest absolute Gasteiger partial charge is 0.469 e. The number of esters is 2. The van der Waals surface area contributed by atoms with E-state index in [1.807, 2.05) is 0 Å². The number of carbonyl (C=O) groups excluding carboxylic acids is 2. The van der Waals surface area contributed by atoms with Gasteiger partial charge >= 0.3 is 11.9 Å². The molecular formula is C10H11NO4S. The van der Waals surface area contributed by atoms with E-state index >= 15 is 0 Å². The molecule has 0 spiro atoms. The first-order chi connectivity index (χ1) is 7.67. The molecule has 0 aliphatic rings. The molecule has 0 fully saturated rings. The predicted molar refractivity (Wildman–Crippen MR) is 59.1 cm³/mol. The first-order valence-corrected chi connectivity index (χ1v) is 5.26. The van der Waals surface area contributed by atoms with Crippen LogP contribution >= 0.6 is 11.3 Å². The van der Waals surface area contributed by atoms with Crippen LogP contribution in [0.5, 0.6) is 0 Å². The van der Waals surface area contributed by atoms with Gasteiger partial charge < -0.3 is 9.47 Å². The minimum Gasteiger partial charge on any atom is -0.469 e. The lowest BCUT2D eigenvalue weighted by Gasteiger charge is -1.91. The minimum atomic E-state index is -0.412. The Balaban J connectivity index is 2.58. The summed E-state index contributed by atoms with van der Waals surface area (Å²) in [5, 5.41) is 0.643. The van der Waals surface area contributed by atoms with E-state index in [1.54, 1.807) is 12.2 Å². The molecule has 0 aromatic carbocycles. The number of thiazole rings is 1. The smallest absolute Gasteiger partial charge is 0.349 e. The molecule has 1 aromatic rings. The molecule has 0 N–H and O–H groups in total. The summed E-state index contributed by atoms with van der Waals surface area (Å²) in [6, 6.07) is 0. The number of nitrogens with zero attached hydrogens (tertiary/aromatic N) is 1. The van der Waals surface area contributed by atoms with Gasteiger partial charge in [-0.05, 0) is 6.08 Å². The highest BCUT2D eigenvalue weighted by molar-refractivity contribution is 7.14. The minimum absolute atomic E-state index is 0.184. The Kier molecular flexibility index (Phi) is 4.65. The van der Waals surface area contributed by atoms with Gasteiger partial charge in [0, 0.05) is 0 Å².